The van der Waals surface area contributed by atoms with E-state index in [0.717, 1.165) is 11.4 Å². The SMILES string of the molecule is COc1cc(C=NN2C(=O)[C@@H]3[C@H](C2=O)[C@H]2C=C[C@H]3C2)cc([N+](=O)[O-])c1OC. The van der Waals surface area contributed by atoms with Gasteiger partial charge in [-0.3, -0.25) is 19.7 Å². The second kappa shape index (κ2) is 6.19. The molecule has 9 nitrogen and oxygen atoms in total. The molecule has 3 aliphatic rings. The molecule has 4 rings (SSSR count). The van der Waals surface area contributed by atoms with Gasteiger partial charge in [0.05, 0.1) is 37.2 Å². The highest BCUT2D eigenvalue weighted by molar-refractivity contribution is 6.06. The van der Waals surface area contributed by atoms with E-state index in [1.54, 1.807) is 0 Å². The molecule has 0 aromatic heterocycles. The third-order valence-electron chi connectivity index (χ3n) is 5.45. The Bertz CT molecular complexity index is 879. The van der Waals surface area contributed by atoms with E-state index in [1.807, 2.05) is 12.2 Å². The van der Waals surface area contributed by atoms with E-state index in [9.17, 15) is 19.7 Å². The number of carbonyl (C=O) groups is 2. The largest absolute Gasteiger partial charge is 0.493 e. The van der Waals surface area contributed by atoms with Crippen molar-refractivity contribution in [1.82, 2.24) is 5.01 Å². The van der Waals surface area contributed by atoms with Gasteiger partial charge in [0.2, 0.25) is 5.75 Å². The van der Waals surface area contributed by atoms with E-state index in [4.69, 9.17) is 9.47 Å². The first kappa shape index (κ1) is 17.2. The number of benzene rings is 1. The molecule has 2 fully saturated rings. The summed E-state index contributed by atoms with van der Waals surface area (Å²) in [5, 5.41) is 16.2. The first-order chi connectivity index (χ1) is 13.0. The summed E-state index contributed by atoms with van der Waals surface area (Å²) < 4.78 is 10.2. The molecular formula is C18H17N3O6. The number of methoxy groups -OCH3 is 2. The van der Waals surface area contributed by atoms with E-state index in [1.165, 1.54) is 32.6 Å². The number of amides is 2. The molecule has 1 saturated carbocycles. The summed E-state index contributed by atoms with van der Waals surface area (Å²) in [6.07, 6.45) is 6.09. The number of allylic oxidation sites excluding steroid dienone is 2. The van der Waals surface area contributed by atoms with Crippen LogP contribution in [-0.4, -0.2) is 42.2 Å². The van der Waals surface area contributed by atoms with E-state index in [-0.39, 0.29) is 52.7 Å². The quantitative estimate of drug-likeness (QED) is 0.256. The smallest absolute Gasteiger partial charge is 0.315 e. The minimum Gasteiger partial charge on any atom is -0.493 e. The topological polar surface area (TPSA) is 111 Å². The number of hydrogen-bond donors (Lipinski definition) is 0. The van der Waals surface area contributed by atoms with E-state index < -0.39 is 4.92 Å². The van der Waals surface area contributed by atoms with Gasteiger partial charge in [0.25, 0.3) is 11.8 Å². The van der Waals surface area contributed by atoms with Gasteiger partial charge in [0.1, 0.15) is 0 Å². The van der Waals surface area contributed by atoms with Gasteiger partial charge in [-0.15, -0.1) is 0 Å². The second-order valence-corrected chi connectivity index (χ2v) is 6.77. The van der Waals surface area contributed by atoms with Crippen LogP contribution in [0.1, 0.15) is 12.0 Å². The van der Waals surface area contributed by atoms with Gasteiger partial charge in [-0.1, -0.05) is 12.2 Å². The molecule has 1 aromatic carbocycles. The highest BCUT2D eigenvalue weighted by Crippen LogP contribution is 2.52. The zero-order chi connectivity index (χ0) is 19.3. The summed E-state index contributed by atoms with van der Waals surface area (Å²) in [6, 6.07) is 2.74. The number of nitrogens with zero attached hydrogens (tertiary/aromatic N) is 3. The van der Waals surface area contributed by atoms with Crippen molar-refractivity contribution in [3.8, 4) is 11.5 Å². The lowest BCUT2D eigenvalue weighted by molar-refractivity contribution is -0.385. The molecule has 0 unspecified atom stereocenters. The van der Waals surface area contributed by atoms with Crippen LogP contribution in [0.25, 0.3) is 0 Å². The molecule has 0 spiro atoms. The van der Waals surface area contributed by atoms with Gasteiger partial charge in [-0.05, 0) is 24.3 Å². The van der Waals surface area contributed by atoms with Crippen molar-refractivity contribution in [2.45, 2.75) is 6.42 Å². The lowest BCUT2D eigenvalue weighted by Crippen LogP contribution is -2.28. The number of nitro groups is 1. The Balaban J connectivity index is 1.64. The van der Waals surface area contributed by atoms with E-state index >= 15 is 0 Å². The van der Waals surface area contributed by atoms with Crippen LogP contribution in [0.3, 0.4) is 0 Å². The molecule has 2 aliphatic carbocycles. The Labute approximate surface area is 154 Å². The number of nitro benzene ring substituents is 1. The Morgan fingerprint density at radius 3 is 2.30 bits per heavy atom. The maximum atomic E-state index is 12.6. The fraction of sp³-hybridized carbons (Fsp3) is 0.389. The number of fused-ring (bicyclic) bond motifs is 5. The highest BCUT2D eigenvalue weighted by atomic mass is 16.6. The summed E-state index contributed by atoms with van der Waals surface area (Å²) in [6.45, 7) is 0. The Hall–Kier alpha value is -3.23. The van der Waals surface area contributed by atoms with Crippen molar-refractivity contribution in [2.75, 3.05) is 14.2 Å². The normalized spacial score (nSPS) is 28.3. The minimum absolute atomic E-state index is 0.00911. The van der Waals surface area contributed by atoms with Crippen molar-refractivity contribution in [2.24, 2.45) is 28.8 Å². The van der Waals surface area contributed by atoms with Crippen molar-refractivity contribution in [3.63, 3.8) is 0 Å². The summed E-state index contributed by atoms with van der Waals surface area (Å²) in [4.78, 5) is 35.9. The van der Waals surface area contributed by atoms with Crippen LogP contribution >= 0.6 is 0 Å². The Morgan fingerprint density at radius 2 is 1.78 bits per heavy atom. The zero-order valence-corrected chi connectivity index (χ0v) is 14.7. The molecule has 27 heavy (non-hydrogen) atoms. The van der Waals surface area contributed by atoms with Crippen LogP contribution in [0.2, 0.25) is 0 Å². The Morgan fingerprint density at radius 1 is 1.15 bits per heavy atom. The maximum absolute atomic E-state index is 12.6. The number of hydrogen-bond acceptors (Lipinski definition) is 7. The predicted molar refractivity (Wildman–Crippen MR) is 93.4 cm³/mol. The van der Waals surface area contributed by atoms with Gasteiger partial charge in [-0.25, -0.2) is 0 Å². The van der Waals surface area contributed by atoms with Gasteiger partial charge >= 0.3 is 5.69 Å². The van der Waals surface area contributed by atoms with E-state index in [0.29, 0.717) is 5.56 Å². The molecule has 1 saturated heterocycles. The maximum Gasteiger partial charge on any atom is 0.315 e. The van der Waals surface area contributed by atoms with Crippen molar-refractivity contribution in [3.05, 3.63) is 40.0 Å². The van der Waals surface area contributed by atoms with Crippen molar-refractivity contribution in [1.29, 1.82) is 0 Å². The summed E-state index contributed by atoms with van der Waals surface area (Å²) in [7, 11) is 2.67. The number of imide groups is 1. The third kappa shape index (κ3) is 2.49. The zero-order valence-electron chi connectivity index (χ0n) is 14.7. The molecule has 2 amide bonds. The first-order valence-corrected chi connectivity index (χ1v) is 8.46. The molecule has 9 heteroatoms. The van der Waals surface area contributed by atoms with Crippen LogP contribution < -0.4 is 9.47 Å². The number of ether oxygens (including phenoxy) is 2. The number of carbonyl (C=O) groups excluding carboxylic acids is 2. The molecule has 0 radical (unpaired) electrons. The van der Waals surface area contributed by atoms with Crippen molar-refractivity contribution < 1.29 is 24.0 Å². The third-order valence-corrected chi connectivity index (χ3v) is 5.45. The standard InChI is InChI=1S/C18H17N3O6/c1-26-13-6-9(5-12(21(24)25)16(13)27-2)8-19-20-17(22)14-10-3-4-11(7-10)15(14)18(20)23/h3-6,8,10-11,14-15H,7H2,1-2H3/t10-,11-,14-,15+/m0/s1. The summed E-state index contributed by atoms with van der Waals surface area (Å²) in [5.74, 6) is -0.968. The van der Waals surface area contributed by atoms with Crippen LogP contribution in [0.4, 0.5) is 5.69 Å². The molecule has 2 bridgehead atoms. The fourth-order valence-electron chi connectivity index (χ4n) is 4.30. The summed E-state index contributed by atoms with van der Waals surface area (Å²) >= 11 is 0. The number of rotatable bonds is 5. The molecule has 1 aliphatic heterocycles. The molecule has 1 heterocycles. The average molecular weight is 371 g/mol. The minimum atomic E-state index is -0.599. The molecule has 4 atom stereocenters. The monoisotopic (exact) mass is 371 g/mol. The van der Waals surface area contributed by atoms with Gasteiger partial charge in [0, 0.05) is 11.6 Å². The first-order valence-electron chi connectivity index (χ1n) is 8.46. The van der Waals surface area contributed by atoms with E-state index in [2.05, 4.69) is 5.10 Å². The molecular weight excluding hydrogens is 354 g/mol. The number of hydrazone groups is 1. The fourth-order valence-corrected chi connectivity index (χ4v) is 4.30. The second-order valence-electron chi connectivity index (χ2n) is 6.77. The van der Waals surface area contributed by atoms with Gasteiger partial charge in [0.15, 0.2) is 5.75 Å². The lowest BCUT2D eigenvalue weighted by atomic mass is 9.85. The molecule has 140 valence electrons. The van der Waals surface area contributed by atoms with Crippen LogP contribution in [0.5, 0.6) is 11.5 Å². The van der Waals surface area contributed by atoms with Crippen LogP contribution in [0, 0.1) is 33.8 Å². The Kier molecular flexibility index (Phi) is 3.94. The predicted octanol–water partition coefficient (Wildman–Crippen LogP) is 1.75. The van der Waals surface area contributed by atoms with Gasteiger partial charge in [-0.2, -0.15) is 10.1 Å². The molecule has 0 N–H and O–H groups in total. The van der Waals surface area contributed by atoms with Crippen LogP contribution in [-0.2, 0) is 9.59 Å². The average Bonchev–Trinajstić information content (AvgIpc) is 3.33. The highest BCUT2D eigenvalue weighted by Gasteiger charge is 2.59. The van der Waals surface area contributed by atoms with Crippen molar-refractivity contribution >= 4 is 23.7 Å². The molecule has 1 aromatic rings. The lowest BCUT2D eigenvalue weighted by Gasteiger charge is -2.13. The summed E-state index contributed by atoms with van der Waals surface area (Å²) in [5.41, 5.74) is 0.0228. The van der Waals surface area contributed by atoms with Crippen LogP contribution in [0.15, 0.2) is 29.4 Å². The van der Waals surface area contributed by atoms with Gasteiger partial charge < -0.3 is 9.47 Å².